The van der Waals surface area contributed by atoms with Crippen molar-refractivity contribution in [3.05, 3.63) is 10.8 Å². The third kappa shape index (κ3) is 2.44. The van der Waals surface area contributed by atoms with Gasteiger partial charge < -0.3 is 0 Å². The average Bonchev–Trinajstić information content (AvgIpc) is 2.32. The highest BCUT2D eigenvalue weighted by Gasteiger charge is 2.13. The minimum absolute atomic E-state index is 0.328. The van der Waals surface area contributed by atoms with Crippen LogP contribution < -0.4 is 0 Å². The molecule has 0 amide bonds. The Hall–Kier alpha value is -0.570. The maximum atomic E-state index is 5.94. The van der Waals surface area contributed by atoms with Gasteiger partial charge in [-0.15, -0.1) is 5.10 Å². The molecule has 0 aliphatic heterocycles. The van der Waals surface area contributed by atoms with Gasteiger partial charge >= 0.3 is 0 Å². The molecule has 0 unspecified atom stereocenters. The molecule has 1 rings (SSSR count). The van der Waals surface area contributed by atoms with E-state index in [1.165, 1.54) is 0 Å². The van der Waals surface area contributed by atoms with Crippen molar-refractivity contribution in [2.24, 2.45) is 5.92 Å². The molecule has 74 valence electrons. The van der Waals surface area contributed by atoms with Crippen molar-refractivity contribution in [2.45, 2.75) is 40.2 Å². The smallest absolute Gasteiger partial charge is 0.174 e. The monoisotopic (exact) mass is 201 g/mol. The Bertz CT molecular complexity index is 278. The van der Waals surface area contributed by atoms with Gasteiger partial charge in [-0.3, -0.25) is 0 Å². The van der Waals surface area contributed by atoms with Gasteiger partial charge in [0.25, 0.3) is 0 Å². The Balaban J connectivity index is 2.94. The minimum Gasteiger partial charge on any atom is -0.245 e. The van der Waals surface area contributed by atoms with E-state index < -0.39 is 0 Å². The predicted octanol–water partition coefficient (Wildman–Crippen LogP) is 2.71. The fourth-order valence-corrected chi connectivity index (χ4v) is 1.47. The van der Waals surface area contributed by atoms with E-state index in [2.05, 4.69) is 38.0 Å². The van der Waals surface area contributed by atoms with E-state index in [1.54, 1.807) is 0 Å². The lowest BCUT2D eigenvalue weighted by atomic mass is 10.1. The molecule has 0 aromatic carbocycles. The molecule has 0 aliphatic carbocycles. The molecule has 0 radical (unpaired) electrons. The van der Waals surface area contributed by atoms with E-state index in [1.807, 2.05) is 4.68 Å². The highest BCUT2D eigenvalue weighted by atomic mass is 35.5. The molecule has 0 bridgehead atoms. The summed E-state index contributed by atoms with van der Waals surface area (Å²) in [5, 5.41) is 8.42. The summed E-state index contributed by atoms with van der Waals surface area (Å²) >= 11 is 5.94. The van der Waals surface area contributed by atoms with Crippen LogP contribution in [0.5, 0.6) is 0 Å². The van der Waals surface area contributed by atoms with Gasteiger partial charge in [-0.2, -0.15) is 0 Å². The largest absolute Gasteiger partial charge is 0.245 e. The summed E-state index contributed by atoms with van der Waals surface area (Å²) in [6, 6.07) is 0.328. The molecular weight excluding hydrogens is 186 g/mol. The van der Waals surface area contributed by atoms with Crippen LogP contribution in [0, 0.1) is 5.92 Å². The first-order chi connectivity index (χ1) is 6.02. The molecule has 4 heteroatoms. The first-order valence-electron chi connectivity index (χ1n) is 4.62. The molecule has 1 aromatic heterocycles. The van der Waals surface area contributed by atoms with E-state index in [4.69, 9.17) is 11.6 Å². The van der Waals surface area contributed by atoms with Crippen LogP contribution >= 0.6 is 11.6 Å². The predicted molar refractivity (Wildman–Crippen MR) is 54.0 cm³/mol. The van der Waals surface area contributed by atoms with E-state index in [-0.39, 0.29) is 0 Å². The number of halogens is 1. The van der Waals surface area contributed by atoms with Crippen molar-refractivity contribution < 1.29 is 0 Å². The second-order valence-corrected chi connectivity index (χ2v) is 4.32. The second kappa shape index (κ2) is 4.09. The molecule has 13 heavy (non-hydrogen) atoms. The first kappa shape index (κ1) is 10.5. The lowest BCUT2D eigenvalue weighted by molar-refractivity contribution is 0.477. The van der Waals surface area contributed by atoms with Gasteiger partial charge in [-0.25, -0.2) is 4.68 Å². The van der Waals surface area contributed by atoms with Crippen molar-refractivity contribution in [3.8, 4) is 0 Å². The summed E-state index contributed by atoms with van der Waals surface area (Å²) in [4.78, 5) is 0. The van der Waals surface area contributed by atoms with E-state index >= 15 is 0 Å². The number of aromatic nitrogens is 3. The number of hydrogen-bond acceptors (Lipinski definition) is 2. The van der Waals surface area contributed by atoms with Gasteiger partial charge in [-0.1, -0.05) is 30.7 Å². The highest BCUT2D eigenvalue weighted by Crippen LogP contribution is 2.19. The highest BCUT2D eigenvalue weighted by molar-refractivity contribution is 6.29. The van der Waals surface area contributed by atoms with Gasteiger partial charge in [0.1, 0.15) is 0 Å². The molecule has 3 nitrogen and oxygen atoms in total. The van der Waals surface area contributed by atoms with E-state index in [0.717, 1.165) is 12.1 Å². The molecule has 0 atom stereocenters. The van der Waals surface area contributed by atoms with E-state index in [0.29, 0.717) is 17.1 Å². The van der Waals surface area contributed by atoms with Gasteiger partial charge in [0.15, 0.2) is 5.15 Å². The summed E-state index contributed by atoms with van der Waals surface area (Å²) in [7, 11) is 0. The van der Waals surface area contributed by atoms with Gasteiger partial charge in [0, 0.05) is 6.04 Å². The van der Waals surface area contributed by atoms with Gasteiger partial charge in [0.05, 0.1) is 5.69 Å². The normalized spacial score (nSPS) is 11.6. The molecule has 0 aliphatic rings. The fraction of sp³-hybridized carbons (Fsp3) is 0.778. The molecule has 1 aromatic rings. The Morgan fingerprint density at radius 3 is 2.38 bits per heavy atom. The Kier molecular flexibility index (Phi) is 3.31. The Labute approximate surface area is 84.1 Å². The van der Waals surface area contributed by atoms with Crippen LogP contribution in [0.4, 0.5) is 0 Å². The van der Waals surface area contributed by atoms with Crippen LogP contribution in [0.2, 0.25) is 5.15 Å². The standard InChI is InChI=1S/C9H16ClN3/c1-6(2)5-8-9(10)11-12-13(8)7(3)4/h6-7H,5H2,1-4H3. The van der Waals surface area contributed by atoms with Gasteiger partial charge in [-0.05, 0) is 26.2 Å². The van der Waals surface area contributed by atoms with Crippen LogP contribution in [0.15, 0.2) is 0 Å². The second-order valence-electron chi connectivity index (χ2n) is 3.96. The van der Waals surface area contributed by atoms with Crippen molar-refractivity contribution in [2.75, 3.05) is 0 Å². The van der Waals surface area contributed by atoms with Gasteiger partial charge in [0.2, 0.25) is 0 Å². The van der Waals surface area contributed by atoms with Crippen molar-refractivity contribution in [3.63, 3.8) is 0 Å². The maximum Gasteiger partial charge on any atom is 0.174 e. The maximum absolute atomic E-state index is 5.94. The van der Waals surface area contributed by atoms with Crippen molar-refractivity contribution in [1.82, 2.24) is 15.0 Å². The zero-order valence-electron chi connectivity index (χ0n) is 8.58. The SMILES string of the molecule is CC(C)Cc1c(Cl)nnn1C(C)C. The summed E-state index contributed by atoms with van der Waals surface area (Å²) in [6.07, 6.45) is 0.935. The Morgan fingerprint density at radius 1 is 1.31 bits per heavy atom. The summed E-state index contributed by atoms with van der Waals surface area (Å²) in [5.41, 5.74) is 1.05. The zero-order chi connectivity index (χ0) is 10.0. The third-order valence-electron chi connectivity index (χ3n) is 1.83. The number of rotatable bonds is 3. The average molecular weight is 202 g/mol. The van der Waals surface area contributed by atoms with Crippen LogP contribution in [-0.4, -0.2) is 15.0 Å². The quantitative estimate of drug-likeness (QED) is 0.753. The van der Waals surface area contributed by atoms with Crippen LogP contribution in [0.25, 0.3) is 0 Å². The topological polar surface area (TPSA) is 30.7 Å². The summed E-state index contributed by atoms with van der Waals surface area (Å²) in [5.74, 6) is 0.577. The van der Waals surface area contributed by atoms with E-state index in [9.17, 15) is 0 Å². The third-order valence-corrected chi connectivity index (χ3v) is 2.13. The summed E-state index contributed by atoms with van der Waals surface area (Å²) in [6.45, 7) is 8.48. The van der Waals surface area contributed by atoms with Crippen LogP contribution in [0.3, 0.4) is 0 Å². The zero-order valence-corrected chi connectivity index (χ0v) is 9.34. The number of hydrogen-bond donors (Lipinski definition) is 0. The minimum atomic E-state index is 0.328. The molecule has 0 spiro atoms. The van der Waals surface area contributed by atoms with Crippen LogP contribution in [0.1, 0.15) is 39.4 Å². The Morgan fingerprint density at radius 2 is 1.92 bits per heavy atom. The first-order valence-corrected chi connectivity index (χ1v) is 4.99. The summed E-state index contributed by atoms with van der Waals surface area (Å²) < 4.78 is 1.89. The molecule has 1 heterocycles. The lowest BCUT2D eigenvalue weighted by Crippen LogP contribution is -2.09. The molecular formula is C9H16ClN3. The molecule has 0 fully saturated rings. The van der Waals surface area contributed by atoms with Crippen molar-refractivity contribution >= 4 is 11.6 Å². The number of nitrogens with zero attached hydrogens (tertiary/aromatic N) is 3. The lowest BCUT2D eigenvalue weighted by Gasteiger charge is -2.10. The van der Waals surface area contributed by atoms with Crippen LogP contribution in [-0.2, 0) is 6.42 Å². The molecule has 0 saturated heterocycles. The fourth-order valence-electron chi connectivity index (χ4n) is 1.27. The molecule has 0 saturated carbocycles. The molecule has 0 N–H and O–H groups in total. The van der Waals surface area contributed by atoms with Crippen molar-refractivity contribution in [1.29, 1.82) is 0 Å².